The van der Waals surface area contributed by atoms with Gasteiger partial charge in [-0.15, -0.1) is 11.1 Å². The zero-order valence-corrected chi connectivity index (χ0v) is 26.5. The van der Waals surface area contributed by atoms with E-state index in [2.05, 4.69) is 164 Å². The lowest BCUT2D eigenvalue weighted by molar-refractivity contribution is 1.63. The highest BCUT2D eigenvalue weighted by Gasteiger charge is 2.32. The van der Waals surface area contributed by atoms with Gasteiger partial charge < -0.3 is 0 Å². The maximum absolute atomic E-state index is 3.79. The molecule has 0 aliphatic heterocycles. The minimum atomic E-state index is -2.15. The Bertz CT molecular complexity index is 1590. The predicted molar refractivity (Wildman–Crippen MR) is 181 cm³/mol. The molecule has 0 bridgehead atoms. The predicted octanol–water partition coefficient (Wildman–Crippen LogP) is 8.61. The summed E-state index contributed by atoms with van der Waals surface area (Å²) in [6.45, 7) is 9.60. The van der Waals surface area contributed by atoms with Crippen molar-refractivity contribution in [2.75, 3.05) is 0 Å². The fourth-order valence-electron chi connectivity index (χ4n) is 4.76. The highest BCUT2D eigenvalue weighted by atomic mass is 31.0. The first-order valence-electron chi connectivity index (χ1n) is 13.7. The van der Waals surface area contributed by atoms with Gasteiger partial charge in [0, 0.05) is 11.1 Å². The molecule has 5 aromatic rings. The molecule has 4 aromatic carbocycles. The lowest BCUT2D eigenvalue weighted by atomic mass is 10.0. The Hall–Kier alpha value is -3.92. The van der Waals surface area contributed by atoms with Gasteiger partial charge in [0.15, 0.2) is 16.1 Å². The largest absolute Gasteiger partial charge is 0.169 e. The second-order valence-electron chi connectivity index (χ2n) is 11.0. The van der Waals surface area contributed by atoms with Gasteiger partial charge in [-0.3, -0.25) is 0 Å². The molecular weight excluding hydrogens is 532 g/mol. The van der Waals surface area contributed by atoms with E-state index in [4.69, 9.17) is 0 Å². The maximum Gasteiger partial charge on any atom is 0.169 e. The van der Waals surface area contributed by atoms with Gasteiger partial charge in [-0.2, -0.15) is 0 Å². The summed E-state index contributed by atoms with van der Waals surface area (Å²) in [6.07, 6.45) is 0. The molecule has 0 nitrogen and oxygen atoms in total. The van der Waals surface area contributed by atoms with E-state index < -0.39 is 16.1 Å². The van der Waals surface area contributed by atoms with Gasteiger partial charge in [0.05, 0.1) is 0 Å². The van der Waals surface area contributed by atoms with Crippen LogP contribution >= 0.6 is 8.19 Å². The lowest BCUT2D eigenvalue weighted by Crippen LogP contribution is -2.45. The van der Waals surface area contributed by atoms with Crippen LogP contribution in [0.3, 0.4) is 0 Å². The topological polar surface area (TPSA) is 0 Å². The molecule has 1 aromatic heterocycles. The monoisotopic (exact) mass is 564 g/mol. The average Bonchev–Trinajstić information content (AvgIpc) is 3.00. The van der Waals surface area contributed by atoms with E-state index in [1.54, 1.807) is 0 Å². The molecule has 0 aliphatic rings. The van der Waals surface area contributed by atoms with Crippen LogP contribution in [0.1, 0.15) is 11.1 Å². The van der Waals surface area contributed by atoms with Crippen LogP contribution in [-0.4, -0.2) is 16.1 Å². The first-order chi connectivity index (χ1) is 19.3. The van der Waals surface area contributed by atoms with E-state index in [0.717, 1.165) is 11.1 Å². The van der Waals surface area contributed by atoms with Gasteiger partial charge in [0.25, 0.3) is 0 Å². The highest BCUT2D eigenvalue weighted by molar-refractivity contribution is 7.51. The molecule has 0 atom stereocenters. The van der Waals surface area contributed by atoms with Gasteiger partial charge in [-0.25, -0.2) is 0 Å². The molecule has 0 amide bonds. The Morgan fingerprint density at radius 3 is 1.12 bits per heavy atom. The molecule has 194 valence electrons. The quantitative estimate of drug-likeness (QED) is 0.151. The first kappa shape index (κ1) is 27.6. The number of rotatable bonds is 4. The van der Waals surface area contributed by atoms with Crippen LogP contribution in [0.15, 0.2) is 127 Å². The number of benzene rings is 4. The summed E-state index contributed by atoms with van der Waals surface area (Å²) in [7, 11) is -3.03. The number of hydrogen-bond donors (Lipinski definition) is 0. The van der Waals surface area contributed by atoms with Crippen molar-refractivity contribution in [2.24, 2.45) is 0 Å². The van der Waals surface area contributed by atoms with Crippen LogP contribution in [0.4, 0.5) is 0 Å². The van der Waals surface area contributed by atoms with E-state index >= 15 is 0 Å². The van der Waals surface area contributed by atoms with Gasteiger partial charge in [0.1, 0.15) is 0 Å². The third kappa shape index (κ3) is 6.44. The van der Waals surface area contributed by atoms with Crippen molar-refractivity contribution in [1.82, 2.24) is 0 Å². The van der Waals surface area contributed by atoms with Gasteiger partial charge >= 0.3 is 0 Å². The van der Waals surface area contributed by atoms with E-state index in [1.807, 2.05) is 12.1 Å². The third-order valence-corrected chi connectivity index (χ3v) is 16.3. The molecule has 0 N–H and O–H groups in total. The van der Waals surface area contributed by atoms with E-state index in [-0.39, 0.29) is 0 Å². The zero-order valence-electron chi connectivity index (χ0n) is 23.6. The van der Waals surface area contributed by atoms with Crippen molar-refractivity contribution >= 4 is 34.2 Å². The molecule has 3 heteroatoms. The van der Waals surface area contributed by atoms with Crippen molar-refractivity contribution in [1.29, 1.82) is 0 Å². The molecular formula is C37H33PSi2. The highest BCUT2D eigenvalue weighted by Crippen LogP contribution is 2.32. The minimum Gasteiger partial charge on any atom is -0.120 e. The smallest absolute Gasteiger partial charge is 0.120 e. The standard InChI is InChI=1S/C37H33PSi2/c1-39(2,27-25-30-17-9-5-10-18-30)36-34(32-21-13-7-14-22-32)29-35(33-23-15-8-16-24-33)37(38-36)40(3,4)28-26-31-19-11-6-12-20-31/h5-24,29H,1-4H3. The van der Waals surface area contributed by atoms with Crippen LogP contribution in [-0.2, 0) is 0 Å². The summed E-state index contributed by atoms with van der Waals surface area (Å²) in [4.78, 5) is 2.94. The fraction of sp³-hybridized carbons (Fsp3) is 0.108. The molecule has 0 spiro atoms. The molecule has 0 fully saturated rings. The van der Waals surface area contributed by atoms with Crippen molar-refractivity contribution < 1.29 is 0 Å². The second kappa shape index (κ2) is 12.1. The fourth-order valence-corrected chi connectivity index (χ4v) is 12.1. The molecule has 0 saturated heterocycles. The Balaban J connectivity index is 1.76. The third-order valence-electron chi connectivity index (χ3n) is 6.96. The van der Waals surface area contributed by atoms with Crippen molar-refractivity contribution in [3.8, 4) is 45.2 Å². The Morgan fingerprint density at radius 1 is 0.450 bits per heavy atom. The van der Waals surface area contributed by atoms with Crippen LogP contribution in [0, 0.1) is 22.9 Å². The summed E-state index contributed by atoms with van der Waals surface area (Å²) >= 11 is 0. The second-order valence-corrected chi connectivity index (χ2v) is 21.0. The molecule has 0 saturated carbocycles. The summed E-state index contributed by atoms with van der Waals surface area (Å²) in [5.41, 5.74) is 14.9. The average molecular weight is 565 g/mol. The van der Waals surface area contributed by atoms with Gasteiger partial charge in [-0.05, 0) is 62.4 Å². The maximum atomic E-state index is 3.79. The Kier molecular flexibility index (Phi) is 8.35. The van der Waals surface area contributed by atoms with Crippen molar-refractivity contribution in [3.05, 3.63) is 139 Å². The van der Waals surface area contributed by atoms with Crippen LogP contribution in [0.2, 0.25) is 26.2 Å². The molecule has 1 heterocycles. The van der Waals surface area contributed by atoms with Crippen LogP contribution in [0.25, 0.3) is 22.3 Å². The van der Waals surface area contributed by atoms with Crippen molar-refractivity contribution in [3.63, 3.8) is 0 Å². The van der Waals surface area contributed by atoms with Gasteiger partial charge in [-0.1, -0.05) is 143 Å². The van der Waals surface area contributed by atoms with Gasteiger partial charge in [0.2, 0.25) is 0 Å². The molecule has 40 heavy (non-hydrogen) atoms. The van der Waals surface area contributed by atoms with Crippen LogP contribution < -0.4 is 9.84 Å². The zero-order chi connectivity index (χ0) is 28.0. The van der Waals surface area contributed by atoms with E-state index in [0.29, 0.717) is 0 Å². The summed E-state index contributed by atoms with van der Waals surface area (Å²) in [5, 5.41) is 0. The first-order valence-corrected chi connectivity index (χ1v) is 20.6. The number of hydrogen-bond acceptors (Lipinski definition) is 0. The summed E-state index contributed by atoms with van der Waals surface area (Å²) < 4.78 is 0. The Morgan fingerprint density at radius 2 is 0.775 bits per heavy atom. The molecule has 0 radical (unpaired) electrons. The summed E-state index contributed by atoms with van der Waals surface area (Å²) in [6, 6.07) is 44.9. The van der Waals surface area contributed by atoms with Crippen molar-refractivity contribution in [2.45, 2.75) is 26.2 Å². The molecule has 0 aliphatic carbocycles. The Labute approximate surface area is 243 Å². The normalized spacial score (nSPS) is 11.1. The van der Waals surface area contributed by atoms with E-state index in [9.17, 15) is 0 Å². The minimum absolute atomic E-state index is 1.07. The SMILES string of the molecule is C[Si](C)(C#Cc1ccccc1)c1pc([Si](C)(C)C#Cc2ccccc2)c(-c2ccccc2)cc1-c1ccccc1. The molecule has 0 unspecified atom stereocenters. The lowest BCUT2D eigenvalue weighted by Gasteiger charge is -2.27. The summed E-state index contributed by atoms with van der Waals surface area (Å²) in [5.74, 6) is 7.05. The molecule has 5 rings (SSSR count). The van der Waals surface area contributed by atoms with E-state index in [1.165, 1.54) is 40.3 Å². The van der Waals surface area contributed by atoms with Crippen LogP contribution in [0.5, 0.6) is 0 Å².